The van der Waals surface area contributed by atoms with E-state index in [9.17, 15) is 23.7 Å². The Hall–Kier alpha value is -2.01. The zero-order valence-electron chi connectivity index (χ0n) is 14.6. The third-order valence-electron chi connectivity index (χ3n) is 4.24. The number of rotatable bonds is 6. The number of nitrogens with one attached hydrogen (secondary N) is 2. The summed E-state index contributed by atoms with van der Waals surface area (Å²) in [5.41, 5.74) is -0.0482. The number of aliphatic hydroxyl groups is 1. The first-order chi connectivity index (χ1) is 12.8. The lowest BCUT2D eigenvalue weighted by Gasteiger charge is -2.43. The zero-order valence-corrected chi connectivity index (χ0v) is 15.4. The van der Waals surface area contributed by atoms with Gasteiger partial charge >= 0.3 is 7.05 Å². The Morgan fingerprint density at radius 2 is 2.04 bits per heavy atom. The van der Waals surface area contributed by atoms with Gasteiger partial charge in [-0.3, -0.25) is 4.79 Å². The molecule has 0 aromatic heterocycles. The van der Waals surface area contributed by atoms with Crippen LogP contribution in [0.25, 0.3) is 0 Å². The highest BCUT2D eigenvalue weighted by molar-refractivity contribution is 6.45. The van der Waals surface area contributed by atoms with Crippen LogP contribution < -0.4 is 5.32 Å². The average molecular weight is 401 g/mol. The van der Waals surface area contributed by atoms with Gasteiger partial charge in [-0.2, -0.15) is 0 Å². The number of nitrogens with zero attached hydrogens (tertiary/aromatic N) is 2. The second-order valence-electron chi connectivity index (χ2n) is 6.11. The van der Waals surface area contributed by atoms with Gasteiger partial charge in [-0.05, 0) is 19.0 Å². The molecule has 1 unspecified atom stereocenters. The van der Waals surface area contributed by atoms with Crippen LogP contribution in [0.3, 0.4) is 0 Å². The van der Waals surface area contributed by atoms with Crippen molar-refractivity contribution in [2.75, 3.05) is 31.6 Å². The Kier molecular flexibility index (Phi) is 7.31. The van der Waals surface area contributed by atoms with E-state index in [1.165, 1.54) is 0 Å². The van der Waals surface area contributed by atoms with Gasteiger partial charge in [0.05, 0.1) is 18.3 Å². The molecule has 146 valence electrons. The summed E-state index contributed by atoms with van der Waals surface area (Å²) in [6.07, 6.45) is 0.884. The second-order valence-corrected chi connectivity index (χ2v) is 6.49. The number of halogens is 3. The van der Waals surface area contributed by atoms with Crippen LogP contribution >= 0.6 is 11.6 Å². The van der Waals surface area contributed by atoms with E-state index in [4.69, 9.17) is 17.0 Å². The van der Waals surface area contributed by atoms with Crippen molar-refractivity contribution in [2.24, 2.45) is 0 Å². The second kappa shape index (κ2) is 9.27. The molecule has 1 fully saturated rings. The number of piperazine rings is 1. The largest absolute Gasteiger partial charge is 0.437 e. The van der Waals surface area contributed by atoms with E-state index in [1.807, 2.05) is 0 Å². The fourth-order valence-corrected chi connectivity index (χ4v) is 3.10. The Morgan fingerprint density at radius 3 is 2.56 bits per heavy atom. The molecule has 1 aromatic rings. The topological polar surface area (TPSA) is 99.9 Å². The molecule has 1 amide bonds. The van der Waals surface area contributed by atoms with E-state index < -0.39 is 30.6 Å². The van der Waals surface area contributed by atoms with E-state index in [2.05, 4.69) is 5.32 Å². The summed E-state index contributed by atoms with van der Waals surface area (Å²) in [6.45, 7) is 2.40. The van der Waals surface area contributed by atoms with Crippen LogP contribution in [0, 0.1) is 17.0 Å². The van der Waals surface area contributed by atoms with Crippen LogP contribution in [-0.2, 0) is 4.79 Å². The van der Waals surface area contributed by atoms with Crippen molar-refractivity contribution in [1.82, 2.24) is 9.71 Å². The highest BCUT2D eigenvalue weighted by atomic mass is 35.5. The molecule has 0 radical (unpaired) electrons. The van der Waals surface area contributed by atoms with E-state index in [1.54, 1.807) is 16.5 Å². The predicted molar refractivity (Wildman–Crippen MR) is 99.6 cm³/mol. The lowest BCUT2D eigenvalue weighted by molar-refractivity contribution is -0.112. The third kappa shape index (κ3) is 5.26. The fraction of sp³-hybridized carbons (Fsp3) is 0.375. The third-order valence-corrected chi connectivity index (χ3v) is 4.61. The van der Waals surface area contributed by atoms with Crippen LogP contribution in [0.1, 0.15) is 0 Å². The first-order valence-electron chi connectivity index (χ1n) is 8.24. The molecule has 1 saturated heterocycles. The number of amides is 1. The molecule has 0 saturated carbocycles. The van der Waals surface area contributed by atoms with Crippen molar-refractivity contribution < 1.29 is 23.7 Å². The van der Waals surface area contributed by atoms with E-state index >= 15 is 0 Å². The van der Waals surface area contributed by atoms with Crippen LogP contribution in [0.5, 0.6) is 0 Å². The monoisotopic (exact) mass is 400 g/mol. The number of hydrogen-bond acceptors (Lipinski definition) is 6. The maximum Gasteiger partial charge on any atom is 0.376 e. The molecule has 7 nitrogen and oxygen atoms in total. The standard InChI is InChI=1S/C16H20BClF2N4O3/c1-17(27)23-2-3-24(13(8-23)9-25)14(7-21)15(18)16(26)22-12-5-10(19)4-11(20)6-12/h4-7,13,21,25,27H,2-3,8-9H2,1H3,(H,22,26). The molecule has 0 aliphatic carbocycles. The number of carbonyl (C=O) groups excluding carboxylic acids is 1. The SMILES string of the molecule is CB(O)N1CCN(C(C=N)=C(Cl)C(=O)Nc2cc(F)cc(F)c2)C(CO)C1. The average Bonchev–Trinajstić information content (AvgIpc) is 2.61. The van der Waals surface area contributed by atoms with Gasteiger partial charge in [0.1, 0.15) is 16.7 Å². The Labute approximate surface area is 160 Å². The molecular formula is C16H20BClF2N4O3. The van der Waals surface area contributed by atoms with Gasteiger partial charge in [-0.15, -0.1) is 0 Å². The van der Waals surface area contributed by atoms with Gasteiger partial charge in [0.2, 0.25) is 0 Å². The normalized spacial score (nSPS) is 18.7. The molecule has 1 atom stereocenters. The molecule has 1 aromatic carbocycles. The van der Waals surface area contributed by atoms with Crippen molar-refractivity contribution in [3.8, 4) is 0 Å². The van der Waals surface area contributed by atoms with Crippen molar-refractivity contribution in [2.45, 2.75) is 12.9 Å². The molecule has 1 aliphatic heterocycles. The molecule has 4 N–H and O–H groups in total. The van der Waals surface area contributed by atoms with Gasteiger partial charge in [-0.1, -0.05) is 11.6 Å². The maximum absolute atomic E-state index is 13.3. The van der Waals surface area contributed by atoms with Crippen molar-refractivity contribution in [3.63, 3.8) is 0 Å². The van der Waals surface area contributed by atoms with Crippen LogP contribution in [-0.4, -0.2) is 71.3 Å². The molecule has 27 heavy (non-hydrogen) atoms. The van der Waals surface area contributed by atoms with Crippen LogP contribution in [0.4, 0.5) is 14.5 Å². The van der Waals surface area contributed by atoms with Gasteiger partial charge in [0.25, 0.3) is 5.91 Å². The minimum absolute atomic E-state index is 0.0651. The Morgan fingerprint density at radius 1 is 1.41 bits per heavy atom. The number of aliphatic hydroxyl groups excluding tert-OH is 1. The molecular weight excluding hydrogens is 380 g/mol. The summed E-state index contributed by atoms with van der Waals surface area (Å²) in [5.74, 6) is -2.55. The summed E-state index contributed by atoms with van der Waals surface area (Å²) < 4.78 is 26.5. The summed E-state index contributed by atoms with van der Waals surface area (Å²) in [6, 6.07) is 2.06. The lowest BCUT2D eigenvalue weighted by Crippen LogP contribution is -2.57. The number of carbonyl (C=O) groups is 1. The number of allylic oxidation sites excluding steroid dienone is 1. The first-order valence-corrected chi connectivity index (χ1v) is 8.62. The summed E-state index contributed by atoms with van der Waals surface area (Å²) in [4.78, 5) is 15.7. The highest BCUT2D eigenvalue weighted by Gasteiger charge is 2.32. The van der Waals surface area contributed by atoms with Gasteiger partial charge in [0.15, 0.2) is 0 Å². The molecule has 0 spiro atoms. The van der Waals surface area contributed by atoms with Crippen molar-refractivity contribution in [3.05, 3.63) is 40.6 Å². The lowest BCUT2D eigenvalue weighted by atomic mass is 9.83. The van der Waals surface area contributed by atoms with E-state index in [0.29, 0.717) is 25.7 Å². The molecule has 1 heterocycles. The summed E-state index contributed by atoms with van der Waals surface area (Å²) in [5, 5.41) is 28.9. The highest BCUT2D eigenvalue weighted by Crippen LogP contribution is 2.22. The van der Waals surface area contributed by atoms with Crippen LogP contribution in [0.2, 0.25) is 6.82 Å². The van der Waals surface area contributed by atoms with Crippen molar-refractivity contribution >= 4 is 36.5 Å². The number of hydrogen-bond donors (Lipinski definition) is 4. The molecule has 11 heteroatoms. The zero-order chi connectivity index (χ0) is 20.1. The number of anilines is 1. The molecule has 2 rings (SSSR count). The first kappa shape index (κ1) is 21.3. The van der Waals surface area contributed by atoms with Gasteiger partial charge in [-0.25, -0.2) is 8.78 Å². The smallest absolute Gasteiger partial charge is 0.376 e. The maximum atomic E-state index is 13.3. The Bertz CT molecular complexity index is 730. The Balaban J connectivity index is 2.23. The molecule has 0 bridgehead atoms. The van der Waals surface area contributed by atoms with Gasteiger partial charge in [0, 0.05) is 37.6 Å². The van der Waals surface area contributed by atoms with E-state index in [-0.39, 0.29) is 23.0 Å². The number of benzene rings is 1. The van der Waals surface area contributed by atoms with Gasteiger partial charge < -0.3 is 30.6 Å². The minimum Gasteiger partial charge on any atom is -0.437 e. The van der Waals surface area contributed by atoms with E-state index in [0.717, 1.165) is 18.3 Å². The predicted octanol–water partition coefficient (Wildman–Crippen LogP) is 1.09. The summed E-state index contributed by atoms with van der Waals surface area (Å²) >= 11 is 6.12. The van der Waals surface area contributed by atoms with Crippen LogP contribution in [0.15, 0.2) is 28.9 Å². The molecule has 1 aliphatic rings. The quantitative estimate of drug-likeness (QED) is 0.325. The fourth-order valence-electron chi connectivity index (χ4n) is 2.89. The minimum atomic E-state index is -0.854. The van der Waals surface area contributed by atoms with Crippen molar-refractivity contribution in [1.29, 1.82) is 5.41 Å². The summed E-state index contributed by atoms with van der Waals surface area (Å²) in [7, 11) is -0.699.